The molecule has 1 aliphatic heterocycles. The summed E-state index contributed by atoms with van der Waals surface area (Å²) in [6, 6.07) is 19.0. The van der Waals surface area contributed by atoms with Crippen LogP contribution in [-0.2, 0) is 9.47 Å². The maximum Gasteiger partial charge on any atom is 0.508 e. The van der Waals surface area contributed by atoms with Gasteiger partial charge in [0.25, 0.3) is 0 Å². The zero-order valence-electron chi connectivity index (χ0n) is 12.6. The summed E-state index contributed by atoms with van der Waals surface area (Å²) in [5.74, 6) is 1.51. The highest BCUT2D eigenvalue weighted by Crippen LogP contribution is 2.26. The minimum Gasteiger partial charge on any atom is -0.493 e. The smallest absolute Gasteiger partial charge is 0.493 e. The second-order valence-electron chi connectivity index (χ2n) is 5.53. The van der Waals surface area contributed by atoms with E-state index in [0.29, 0.717) is 13.2 Å². The maximum absolute atomic E-state index is 11.2. The van der Waals surface area contributed by atoms with Gasteiger partial charge in [-0.25, -0.2) is 4.79 Å². The van der Waals surface area contributed by atoms with E-state index in [4.69, 9.17) is 18.9 Å². The average molecular weight is 314 g/mol. The summed E-state index contributed by atoms with van der Waals surface area (Å²) in [6.45, 7) is 1.06. The molecule has 2 aromatic rings. The van der Waals surface area contributed by atoms with Gasteiger partial charge in [-0.05, 0) is 24.3 Å². The van der Waals surface area contributed by atoms with Crippen molar-refractivity contribution in [2.75, 3.05) is 26.4 Å². The third kappa shape index (κ3) is 4.16. The fourth-order valence-corrected chi connectivity index (χ4v) is 2.22. The number of ether oxygens (including phenoxy) is 4. The molecule has 5 heteroatoms. The molecule has 1 saturated heterocycles. The molecule has 1 aliphatic rings. The van der Waals surface area contributed by atoms with Crippen molar-refractivity contribution in [1.29, 1.82) is 0 Å². The lowest BCUT2D eigenvalue weighted by Gasteiger charge is -2.35. The minimum absolute atomic E-state index is 0.200. The van der Waals surface area contributed by atoms with Crippen molar-refractivity contribution in [2.45, 2.75) is 0 Å². The van der Waals surface area contributed by atoms with Crippen molar-refractivity contribution >= 4 is 6.16 Å². The zero-order chi connectivity index (χ0) is 16.0. The molecule has 0 N–H and O–H groups in total. The lowest BCUT2D eigenvalue weighted by molar-refractivity contribution is -0.0921. The Bertz CT molecular complexity index is 571. The van der Waals surface area contributed by atoms with Gasteiger partial charge in [0.1, 0.15) is 43.3 Å². The average Bonchev–Trinajstić information content (AvgIpc) is 2.62. The maximum atomic E-state index is 11.2. The van der Waals surface area contributed by atoms with Crippen molar-refractivity contribution in [3.63, 3.8) is 0 Å². The van der Waals surface area contributed by atoms with Gasteiger partial charge in [0.2, 0.25) is 0 Å². The Morgan fingerprint density at radius 1 is 0.783 bits per heavy atom. The fraction of sp³-hybridized carbons (Fsp3) is 0.278. The van der Waals surface area contributed by atoms with E-state index in [-0.39, 0.29) is 13.2 Å². The topological polar surface area (TPSA) is 54.0 Å². The third-order valence-corrected chi connectivity index (χ3v) is 3.57. The fourth-order valence-electron chi connectivity index (χ4n) is 2.22. The summed E-state index contributed by atoms with van der Waals surface area (Å²) >= 11 is 0. The molecule has 0 spiro atoms. The van der Waals surface area contributed by atoms with Gasteiger partial charge in [-0.2, -0.15) is 0 Å². The van der Waals surface area contributed by atoms with Crippen LogP contribution in [0.15, 0.2) is 60.7 Å². The normalized spacial score (nSPS) is 16.1. The van der Waals surface area contributed by atoms with Crippen LogP contribution < -0.4 is 9.47 Å². The summed E-state index contributed by atoms with van der Waals surface area (Å²) in [7, 11) is 0. The molecule has 5 nitrogen and oxygen atoms in total. The second kappa shape index (κ2) is 7.05. The van der Waals surface area contributed by atoms with Crippen LogP contribution in [0, 0.1) is 5.41 Å². The molecule has 0 atom stereocenters. The molecule has 0 unspecified atom stereocenters. The molecule has 120 valence electrons. The Kier molecular flexibility index (Phi) is 4.66. The first-order valence-electron chi connectivity index (χ1n) is 7.41. The van der Waals surface area contributed by atoms with E-state index in [1.807, 2.05) is 60.7 Å². The number of carbonyl (C=O) groups excluding carboxylic acids is 1. The molecule has 2 aromatic carbocycles. The molecule has 23 heavy (non-hydrogen) atoms. The summed E-state index contributed by atoms with van der Waals surface area (Å²) in [6.07, 6.45) is -0.653. The zero-order valence-corrected chi connectivity index (χ0v) is 12.6. The number of cyclic esters (lactones) is 2. The van der Waals surface area contributed by atoms with Crippen LogP contribution >= 0.6 is 0 Å². The highest BCUT2D eigenvalue weighted by molar-refractivity contribution is 5.60. The van der Waals surface area contributed by atoms with Crippen LogP contribution in [-0.4, -0.2) is 32.6 Å². The molecule has 0 aliphatic carbocycles. The standard InChI is InChI=1S/C18H18O5/c19-17-22-13-18(14-23-17,11-20-15-7-3-1-4-8-15)12-21-16-9-5-2-6-10-16/h1-10H,11-14H2. The molecule has 0 amide bonds. The number of hydrogen-bond acceptors (Lipinski definition) is 5. The largest absolute Gasteiger partial charge is 0.508 e. The predicted molar refractivity (Wildman–Crippen MR) is 83.6 cm³/mol. The SMILES string of the molecule is O=C1OCC(COc2ccccc2)(COc2ccccc2)CO1. The number of hydrogen-bond donors (Lipinski definition) is 0. The van der Waals surface area contributed by atoms with E-state index in [2.05, 4.69) is 0 Å². The monoisotopic (exact) mass is 314 g/mol. The van der Waals surface area contributed by atoms with E-state index in [9.17, 15) is 4.79 Å². The van der Waals surface area contributed by atoms with Crippen molar-refractivity contribution in [1.82, 2.24) is 0 Å². The molecule has 0 radical (unpaired) electrons. The predicted octanol–water partition coefficient (Wildman–Crippen LogP) is 3.30. The van der Waals surface area contributed by atoms with Gasteiger partial charge in [-0.15, -0.1) is 0 Å². The number of rotatable bonds is 6. The first-order valence-corrected chi connectivity index (χ1v) is 7.41. The van der Waals surface area contributed by atoms with E-state index in [1.54, 1.807) is 0 Å². The van der Waals surface area contributed by atoms with Crippen LogP contribution in [0.1, 0.15) is 0 Å². The summed E-state index contributed by atoms with van der Waals surface area (Å²) in [4.78, 5) is 11.2. The van der Waals surface area contributed by atoms with Gasteiger partial charge in [0.05, 0.1) is 0 Å². The summed E-state index contributed by atoms with van der Waals surface area (Å²) in [5, 5.41) is 0. The number of para-hydroxylation sites is 2. The van der Waals surface area contributed by atoms with Crippen LogP contribution in [0.25, 0.3) is 0 Å². The molecule has 1 fully saturated rings. The van der Waals surface area contributed by atoms with E-state index in [0.717, 1.165) is 11.5 Å². The van der Waals surface area contributed by atoms with Gasteiger partial charge >= 0.3 is 6.16 Å². The lowest BCUT2D eigenvalue weighted by Crippen LogP contribution is -2.47. The Morgan fingerprint density at radius 2 is 1.22 bits per heavy atom. The quantitative estimate of drug-likeness (QED) is 0.766. The number of carbonyl (C=O) groups is 1. The highest BCUT2D eigenvalue weighted by Gasteiger charge is 2.40. The third-order valence-electron chi connectivity index (χ3n) is 3.57. The van der Waals surface area contributed by atoms with Crippen LogP contribution in [0.2, 0.25) is 0 Å². The molecule has 0 bridgehead atoms. The van der Waals surface area contributed by atoms with Gasteiger partial charge in [0.15, 0.2) is 0 Å². The Balaban J connectivity index is 1.65. The Morgan fingerprint density at radius 3 is 1.65 bits per heavy atom. The van der Waals surface area contributed by atoms with Crippen LogP contribution in [0.5, 0.6) is 11.5 Å². The minimum atomic E-state index is -0.653. The molecular formula is C18H18O5. The van der Waals surface area contributed by atoms with Gasteiger partial charge < -0.3 is 18.9 Å². The molecule has 3 rings (SSSR count). The van der Waals surface area contributed by atoms with Gasteiger partial charge in [-0.1, -0.05) is 36.4 Å². The number of benzene rings is 2. The first-order chi connectivity index (χ1) is 11.3. The second-order valence-corrected chi connectivity index (χ2v) is 5.53. The molecular weight excluding hydrogens is 296 g/mol. The van der Waals surface area contributed by atoms with Crippen molar-refractivity contribution in [2.24, 2.45) is 5.41 Å². The molecule has 0 aromatic heterocycles. The van der Waals surface area contributed by atoms with Crippen LogP contribution in [0.4, 0.5) is 4.79 Å². The van der Waals surface area contributed by atoms with E-state index >= 15 is 0 Å². The van der Waals surface area contributed by atoms with Crippen molar-refractivity contribution < 1.29 is 23.7 Å². The van der Waals surface area contributed by atoms with Crippen LogP contribution in [0.3, 0.4) is 0 Å². The van der Waals surface area contributed by atoms with Gasteiger partial charge in [0, 0.05) is 0 Å². The summed E-state index contributed by atoms with van der Waals surface area (Å²) < 4.78 is 21.7. The lowest BCUT2D eigenvalue weighted by atomic mass is 9.91. The summed E-state index contributed by atoms with van der Waals surface area (Å²) in [5.41, 5.74) is -0.542. The molecule has 0 saturated carbocycles. The van der Waals surface area contributed by atoms with E-state index in [1.165, 1.54) is 0 Å². The highest BCUT2D eigenvalue weighted by atomic mass is 16.7. The Labute approximate surface area is 134 Å². The van der Waals surface area contributed by atoms with Gasteiger partial charge in [-0.3, -0.25) is 0 Å². The molecule has 1 heterocycles. The Hall–Kier alpha value is -2.69. The van der Waals surface area contributed by atoms with Crippen molar-refractivity contribution in [3.05, 3.63) is 60.7 Å². The first kappa shape index (κ1) is 15.2. The van der Waals surface area contributed by atoms with Crippen molar-refractivity contribution in [3.8, 4) is 11.5 Å². The van der Waals surface area contributed by atoms with E-state index < -0.39 is 11.6 Å².